The van der Waals surface area contributed by atoms with E-state index in [1.54, 1.807) is 0 Å². The zero-order valence-electron chi connectivity index (χ0n) is 17.5. The van der Waals surface area contributed by atoms with E-state index >= 15 is 0 Å². The second-order valence-corrected chi connectivity index (χ2v) is 8.90. The number of nitrogens with one attached hydrogen (secondary N) is 1. The van der Waals surface area contributed by atoms with Crippen LogP contribution in [0.5, 0.6) is 0 Å². The summed E-state index contributed by atoms with van der Waals surface area (Å²) in [6, 6.07) is 10.6. The number of rotatable bonds is 7. The first kappa shape index (κ1) is 20.8. The lowest BCUT2D eigenvalue weighted by Gasteiger charge is -2.48. The average molecular weight is 386 g/mol. The maximum atomic E-state index is 12.5. The highest BCUT2D eigenvalue weighted by Crippen LogP contribution is 2.38. The van der Waals surface area contributed by atoms with E-state index in [1.807, 2.05) is 19.9 Å². The van der Waals surface area contributed by atoms with Crippen LogP contribution in [-0.4, -0.2) is 60.4 Å². The molecule has 2 aliphatic rings. The maximum absolute atomic E-state index is 12.5. The van der Waals surface area contributed by atoms with E-state index in [-0.39, 0.29) is 17.4 Å². The Hall–Kier alpha value is -1.88. The molecule has 1 N–H and O–H groups in total. The number of likely N-dealkylation sites (tertiary alicyclic amines) is 2. The van der Waals surface area contributed by atoms with Crippen molar-refractivity contribution in [2.75, 3.05) is 32.7 Å². The van der Waals surface area contributed by atoms with Crippen LogP contribution in [0.25, 0.3) is 0 Å². The molecule has 0 bridgehead atoms. The molecule has 1 aromatic rings. The number of carbonyl (C=O) groups is 2. The normalized spacial score (nSPS) is 23.4. The number of hydrogen-bond donors (Lipinski definition) is 1. The highest BCUT2D eigenvalue weighted by molar-refractivity contribution is 5.77. The second kappa shape index (κ2) is 9.55. The summed E-state index contributed by atoms with van der Waals surface area (Å²) < 4.78 is 0. The van der Waals surface area contributed by atoms with E-state index in [9.17, 15) is 9.59 Å². The lowest BCUT2D eigenvalue weighted by molar-refractivity contribution is -0.139. The number of benzene rings is 1. The van der Waals surface area contributed by atoms with Crippen molar-refractivity contribution in [1.29, 1.82) is 0 Å². The minimum absolute atomic E-state index is 0.137. The van der Waals surface area contributed by atoms with Crippen molar-refractivity contribution >= 4 is 11.8 Å². The molecule has 0 unspecified atom stereocenters. The third-order valence-electron chi connectivity index (χ3n) is 6.11. The van der Waals surface area contributed by atoms with Crippen molar-refractivity contribution in [2.24, 2.45) is 5.41 Å². The van der Waals surface area contributed by atoms with E-state index in [0.717, 1.165) is 52.0 Å². The van der Waals surface area contributed by atoms with Gasteiger partial charge in [-0.1, -0.05) is 30.3 Å². The van der Waals surface area contributed by atoms with E-state index in [2.05, 4.69) is 39.4 Å². The SMILES string of the molecule is CC(C)NC(=O)CCN1CCC[C@]2(CCC(=O)N(CCc3ccccc3)C2)C1. The van der Waals surface area contributed by atoms with Crippen molar-refractivity contribution in [3.63, 3.8) is 0 Å². The topological polar surface area (TPSA) is 52.7 Å². The summed E-state index contributed by atoms with van der Waals surface area (Å²) in [5, 5.41) is 2.98. The summed E-state index contributed by atoms with van der Waals surface area (Å²) >= 11 is 0. The molecule has 2 amide bonds. The first-order chi connectivity index (χ1) is 13.5. The van der Waals surface area contributed by atoms with Crippen LogP contribution in [-0.2, 0) is 16.0 Å². The predicted octanol–water partition coefficient (Wildman–Crippen LogP) is 2.85. The Labute approximate surface area is 169 Å². The number of nitrogens with zero attached hydrogens (tertiary/aromatic N) is 2. The summed E-state index contributed by atoms with van der Waals surface area (Å²) in [6.45, 7) is 8.56. The summed E-state index contributed by atoms with van der Waals surface area (Å²) in [7, 11) is 0. The largest absolute Gasteiger partial charge is 0.354 e. The van der Waals surface area contributed by atoms with Gasteiger partial charge in [0.1, 0.15) is 0 Å². The fourth-order valence-electron chi connectivity index (χ4n) is 4.70. The Bertz CT molecular complexity index is 661. The van der Waals surface area contributed by atoms with Gasteiger partial charge in [-0.15, -0.1) is 0 Å². The molecule has 154 valence electrons. The molecule has 5 nitrogen and oxygen atoms in total. The van der Waals surface area contributed by atoms with Crippen LogP contribution in [0, 0.1) is 5.41 Å². The minimum Gasteiger partial charge on any atom is -0.354 e. The van der Waals surface area contributed by atoms with Crippen LogP contribution >= 0.6 is 0 Å². The molecule has 0 aliphatic carbocycles. The maximum Gasteiger partial charge on any atom is 0.222 e. The molecule has 2 heterocycles. The Kier molecular flexibility index (Phi) is 7.11. The molecule has 1 spiro atoms. The summed E-state index contributed by atoms with van der Waals surface area (Å²) in [5.74, 6) is 0.438. The average Bonchev–Trinajstić information content (AvgIpc) is 2.68. The lowest BCUT2D eigenvalue weighted by atomic mass is 9.73. The third kappa shape index (κ3) is 5.81. The van der Waals surface area contributed by atoms with Gasteiger partial charge in [0, 0.05) is 50.5 Å². The molecule has 1 atom stereocenters. The second-order valence-electron chi connectivity index (χ2n) is 8.90. The molecule has 5 heteroatoms. The Morgan fingerprint density at radius 1 is 1.14 bits per heavy atom. The number of hydrogen-bond acceptors (Lipinski definition) is 3. The third-order valence-corrected chi connectivity index (χ3v) is 6.11. The van der Waals surface area contributed by atoms with Gasteiger partial charge in [-0.2, -0.15) is 0 Å². The van der Waals surface area contributed by atoms with Crippen LogP contribution in [0.1, 0.15) is 51.5 Å². The van der Waals surface area contributed by atoms with Crippen molar-refractivity contribution in [3.8, 4) is 0 Å². The molecule has 0 radical (unpaired) electrons. The number of piperidine rings is 2. The van der Waals surface area contributed by atoms with Crippen molar-refractivity contribution in [3.05, 3.63) is 35.9 Å². The van der Waals surface area contributed by atoms with Gasteiger partial charge >= 0.3 is 0 Å². The number of amides is 2. The summed E-state index contributed by atoms with van der Waals surface area (Å²) in [6.07, 6.45) is 5.48. The van der Waals surface area contributed by atoms with Gasteiger partial charge < -0.3 is 15.1 Å². The van der Waals surface area contributed by atoms with Gasteiger partial charge in [-0.3, -0.25) is 9.59 Å². The highest BCUT2D eigenvalue weighted by atomic mass is 16.2. The van der Waals surface area contributed by atoms with Gasteiger partial charge in [0.2, 0.25) is 11.8 Å². The zero-order valence-corrected chi connectivity index (χ0v) is 17.5. The van der Waals surface area contributed by atoms with E-state index in [0.29, 0.717) is 18.7 Å². The molecular weight excluding hydrogens is 350 g/mol. The lowest BCUT2D eigenvalue weighted by Crippen LogP contribution is -2.54. The summed E-state index contributed by atoms with van der Waals surface area (Å²) in [4.78, 5) is 29.0. The molecule has 0 saturated carbocycles. The highest BCUT2D eigenvalue weighted by Gasteiger charge is 2.41. The predicted molar refractivity (Wildman–Crippen MR) is 112 cm³/mol. The van der Waals surface area contributed by atoms with Gasteiger partial charge in [0.05, 0.1) is 0 Å². The molecule has 1 aromatic carbocycles. The molecular formula is C23H35N3O2. The standard InChI is InChI=1S/C23H35N3O2/c1-19(2)24-21(27)11-15-25-14-6-12-23(17-25)13-9-22(28)26(18-23)16-10-20-7-4-3-5-8-20/h3-5,7-8,19H,6,9-18H2,1-2H3,(H,24,27)/t23-/m0/s1. The monoisotopic (exact) mass is 385 g/mol. The first-order valence-electron chi connectivity index (χ1n) is 10.8. The van der Waals surface area contributed by atoms with Crippen LogP contribution in [0.2, 0.25) is 0 Å². The van der Waals surface area contributed by atoms with Gasteiger partial charge in [0.25, 0.3) is 0 Å². The Morgan fingerprint density at radius 2 is 1.93 bits per heavy atom. The van der Waals surface area contributed by atoms with Crippen LogP contribution in [0.3, 0.4) is 0 Å². The first-order valence-corrected chi connectivity index (χ1v) is 10.8. The van der Waals surface area contributed by atoms with E-state index in [1.165, 1.54) is 12.0 Å². The summed E-state index contributed by atoms with van der Waals surface area (Å²) in [5.41, 5.74) is 1.49. The molecule has 3 rings (SSSR count). The fraction of sp³-hybridized carbons (Fsp3) is 0.652. The minimum atomic E-state index is 0.137. The van der Waals surface area contributed by atoms with E-state index < -0.39 is 0 Å². The smallest absolute Gasteiger partial charge is 0.222 e. The quantitative estimate of drug-likeness (QED) is 0.785. The molecule has 0 aromatic heterocycles. The molecule has 2 saturated heterocycles. The molecule has 2 aliphatic heterocycles. The van der Waals surface area contributed by atoms with Gasteiger partial charge in [0.15, 0.2) is 0 Å². The van der Waals surface area contributed by atoms with Crippen molar-refractivity contribution < 1.29 is 9.59 Å². The van der Waals surface area contributed by atoms with Crippen LogP contribution in [0.4, 0.5) is 0 Å². The van der Waals surface area contributed by atoms with Gasteiger partial charge in [-0.05, 0) is 51.6 Å². The van der Waals surface area contributed by atoms with E-state index in [4.69, 9.17) is 0 Å². The fourth-order valence-corrected chi connectivity index (χ4v) is 4.70. The zero-order chi connectivity index (χ0) is 20.0. The van der Waals surface area contributed by atoms with Gasteiger partial charge in [-0.25, -0.2) is 0 Å². The number of carbonyl (C=O) groups excluding carboxylic acids is 2. The Morgan fingerprint density at radius 3 is 2.68 bits per heavy atom. The Balaban J connectivity index is 1.53. The van der Waals surface area contributed by atoms with Crippen LogP contribution < -0.4 is 5.32 Å². The molecule has 2 fully saturated rings. The van der Waals surface area contributed by atoms with Crippen molar-refractivity contribution in [1.82, 2.24) is 15.1 Å². The molecule has 28 heavy (non-hydrogen) atoms. The van der Waals surface area contributed by atoms with Crippen LogP contribution in [0.15, 0.2) is 30.3 Å². The van der Waals surface area contributed by atoms with Crippen molar-refractivity contribution in [2.45, 2.75) is 58.4 Å².